The van der Waals surface area contributed by atoms with E-state index in [0.29, 0.717) is 6.54 Å². The second-order valence-electron chi connectivity index (χ2n) is 5.52. The number of hydrogen-bond acceptors (Lipinski definition) is 5. The third kappa shape index (κ3) is 3.83. The van der Waals surface area contributed by atoms with Crippen molar-refractivity contribution >= 4 is 17.2 Å². The predicted molar refractivity (Wildman–Crippen MR) is 89.9 cm³/mol. The van der Waals surface area contributed by atoms with Crippen LogP contribution in [0.15, 0.2) is 29.6 Å². The predicted octanol–water partition coefficient (Wildman–Crippen LogP) is 2.75. The molecule has 0 radical (unpaired) electrons. The van der Waals surface area contributed by atoms with Gasteiger partial charge in [-0.2, -0.15) is 0 Å². The molecule has 122 valence electrons. The molecule has 3 rings (SSSR count). The summed E-state index contributed by atoms with van der Waals surface area (Å²) in [6, 6.07) is 7.95. The number of thiophene rings is 1. The number of amides is 1. The van der Waals surface area contributed by atoms with E-state index in [4.69, 9.17) is 9.47 Å². The molecule has 23 heavy (non-hydrogen) atoms. The molecule has 5 nitrogen and oxygen atoms in total. The van der Waals surface area contributed by atoms with Gasteiger partial charge in [-0.25, -0.2) is 0 Å². The fourth-order valence-corrected chi connectivity index (χ4v) is 3.22. The number of hydrogen-bond donors (Lipinski definition) is 2. The summed E-state index contributed by atoms with van der Waals surface area (Å²) < 4.78 is 10.7. The van der Waals surface area contributed by atoms with E-state index in [1.54, 1.807) is 11.3 Å². The third-order valence-electron chi connectivity index (χ3n) is 3.88. The van der Waals surface area contributed by atoms with Gasteiger partial charge in [0.25, 0.3) is 0 Å². The van der Waals surface area contributed by atoms with Crippen molar-refractivity contribution in [1.29, 1.82) is 0 Å². The van der Waals surface area contributed by atoms with Gasteiger partial charge in [-0.1, -0.05) is 6.07 Å². The van der Waals surface area contributed by atoms with E-state index in [2.05, 4.69) is 23.6 Å². The van der Waals surface area contributed by atoms with Crippen molar-refractivity contribution in [3.63, 3.8) is 0 Å². The van der Waals surface area contributed by atoms with Gasteiger partial charge in [-0.15, -0.1) is 11.3 Å². The highest BCUT2D eigenvalue weighted by molar-refractivity contribution is 7.10. The zero-order valence-electron chi connectivity index (χ0n) is 13.2. The third-order valence-corrected chi connectivity index (χ3v) is 4.90. The van der Waals surface area contributed by atoms with E-state index < -0.39 is 0 Å². The van der Waals surface area contributed by atoms with Gasteiger partial charge >= 0.3 is 0 Å². The molecule has 1 unspecified atom stereocenters. The van der Waals surface area contributed by atoms with Gasteiger partial charge in [0.15, 0.2) is 11.5 Å². The van der Waals surface area contributed by atoms with E-state index in [-0.39, 0.29) is 25.3 Å². The van der Waals surface area contributed by atoms with E-state index in [1.165, 1.54) is 10.4 Å². The Kier molecular flexibility index (Phi) is 4.83. The molecule has 0 bridgehead atoms. The van der Waals surface area contributed by atoms with Gasteiger partial charge in [-0.05, 0) is 48.6 Å². The maximum Gasteiger partial charge on any atom is 0.234 e. The SMILES string of the molecule is Cc1ccsc1CNC(=O)CNC(C)c1ccc2c(c1)OCO2. The smallest absolute Gasteiger partial charge is 0.234 e. The van der Waals surface area contributed by atoms with Crippen molar-refractivity contribution in [2.75, 3.05) is 13.3 Å². The normalized spacial score (nSPS) is 13.8. The molecule has 1 aromatic carbocycles. The average molecular weight is 332 g/mol. The first kappa shape index (κ1) is 15.8. The molecule has 2 heterocycles. The average Bonchev–Trinajstić information content (AvgIpc) is 3.18. The molecule has 1 aliphatic heterocycles. The van der Waals surface area contributed by atoms with Gasteiger partial charge in [0.2, 0.25) is 12.7 Å². The highest BCUT2D eigenvalue weighted by atomic mass is 32.1. The lowest BCUT2D eigenvalue weighted by Crippen LogP contribution is -2.34. The van der Waals surface area contributed by atoms with Crippen LogP contribution < -0.4 is 20.1 Å². The lowest BCUT2D eigenvalue weighted by Gasteiger charge is -2.14. The van der Waals surface area contributed by atoms with Crippen LogP contribution in [0.5, 0.6) is 11.5 Å². The van der Waals surface area contributed by atoms with Crippen LogP contribution in [-0.2, 0) is 11.3 Å². The van der Waals surface area contributed by atoms with Crippen LogP contribution in [0.4, 0.5) is 0 Å². The van der Waals surface area contributed by atoms with Crippen molar-refractivity contribution in [2.24, 2.45) is 0 Å². The molecule has 1 amide bonds. The van der Waals surface area contributed by atoms with Gasteiger partial charge in [-0.3, -0.25) is 4.79 Å². The number of ether oxygens (including phenoxy) is 2. The molecular weight excluding hydrogens is 312 g/mol. The Bertz CT molecular complexity index is 699. The van der Waals surface area contributed by atoms with Gasteiger partial charge in [0.1, 0.15) is 0 Å². The first-order valence-corrected chi connectivity index (χ1v) is 8.44. The maximum absolute atomic E-state index is 12.0. The van der Waals surface area contributed by atoms with E-state index >= 15 is 0 Å². The number of fused-ring (bicyclic) bond motifs is 1. The molecule has 0 saturated heterocycles. The Hall–Kier alpha value is -2.05. The minimum absolute atomic E-state index is 0.00890. The molecule has 0 fully saturated rings. The zero-order chi connectivity index (χ0) is 16.2. The Morgan fingerprint density at radius 3 is 2.91 bits per heavy atom. The van der Waals surface area contributed by atoms with Crippen molar-refractivity contribution < 1.29 is 14.3 Å². The van der Waals surface area contributed by atoms with Gasteiger partial charge in [0, 0.05) is 10.9 Å². The summed E-state index contributed by atoms with van der Waals surface area (Å²) >= 11 is 1.66. The van der Waals surface area contributed by atoms with Crippen molar-refractivity contribution in [3.8, 4) is 11.5 Å². The summed E-state index contributed by atoms with van der Waals surface area (Å²) in [4.78, 5) is 13.2. The first-order chi connectivity index (χ1) is 11.1. The minimum atomic E-state index is -0.00890. The number of rotatable bonds is 6. The Balaban J connectivity index is 1.47. The van der Waals surface area contributed by atoms with Crippen LogP contribution >= 0.6 is 11.3 Å². The second-order valence-corrected chi connectivity index (χ2v) is 6.52. The van der Waals surface area contributed by atoms with Crippen LogP contribution in [0, 0.1) is 6.92 Å². The second kappa shape index (κ2) is 7.02. The molecule has 1 aromatic heterocycles. The number of benzene rings is 1. The van der Waals surface area contributed by atoms with Crippen LogP contribution in [0.25, 0.3) is 0 Å². The number of nitrogens with one attached hydrogen (secondary N) is 2. The summed E-state index contributed by atoms with van der Waals surface area (Å²) in [5.41, 5.74) is 2.29. The van der Waals surface area contributed by atoms with Crippen LogP contribution in [0.3, 0.4) is 0 Å². The summed E-state index contributed by atoms with van der Waals surface area (Å²) in [5, 5.41) is 8.21. The zero-order valence-corrected chi connectivity index (χ0v) is 14.0. The fraction of sp³-hybridized carbons (Fsp3) is 0.353. The highest BCUT2D eigenvalue weighted by Crippen LogP contribution is 2.34. The topological polar surface area (TPSA) is 59.6 Å². The Labute approximate surface area is 139 Å². The quantitative estimate of drug-likeness (QED) is 0.854. The van der Waals surface area contributed by atoms with E-state index in [9.17, 15) is 4.79 Å². The lowest BCUT2D eigenvalue weighted by molar-refractivity contribution is -0.120. The molecular formula is C17H20N2O3S. The van der Waals surface area contributed by atoms with Crippen LogP contribution in [0.1, 0.15) is 29.0 Å². The van der Waals surface area contributed by atoms with Crippen molar-refractivity contribution in [3.05, 3.63) is 45.6 Å². The molecule has 0 saturated carbocycles. The summed E-state index contributed by atoms with van der Waals surface area (Å²) in [5.74, 6) is 1.52. The molecule has 0 aliphatic carbocycles. The molecule has 1 atom stereocenters. The summed E-state index contributed by atoms with van der Waals surface area (Å²) in [7, 11) is 0. The number of carbonyl (C=O) groups is 1. The first-order valence-electron chi connectivity index (χ1n) is 7.56. The molecule has 1 aliphatic rings. The van der Waals surface area contributed by atoms with Crippen molar-refractivity contribution in [2.45, 2.75) is 26.4 Å². The molecule has 0 spiro atoms. The van der Waals surface area contributed by atoms with Crippen LogP contribution in [-0.4, -0.2) is 19.2 Å². The molecule has 2 N–H and O–H groups in total. The van der Waals surface area contributed by atoms with E-state index in [0.717, 1.165) is 17.1 Å². The Morgan fingerprint density at radius 2 is 2.13 bits per heavy atom. The molecule has 6 heteroatoms. The Morgan fingerprint density at radius 1 is 1.30 bits per heavy atom. The lowest BCUT2D eigenvalue weighted by atomic mass is 10.1. The molecule has 2 aromatic rings. The summed E-state index contributed by atoms with van der Waals surface area (Å²) in [6.45, 7) is 5.21. The standard InChI is InChI=1S/C17H20N2O3S/c1-11-5-6-23-16(11)8-19-17(20)9-18-12(2)13-3-4-14-15(7-13)22-10-21-14/h3-7,12,18H,8-10H2,1-2H3,(H,19,20). The van der Waals surface area contributed by atoms with Crippen LogP contribution in [0.2, 0.25) is 0 Å². The van der Waals surface area contributed by atoms with Gasteiger partial charge < -0.3 is 20.1 Å². The summed E-state index contributed by atoms with van der Waals surface area (Å²) in [6.07, 6.45) is 0. The fourth-order valence-electron chi connectivity index (χ4n) is 2.37. The largest absolute Gasteiger partial charge is 0.454 e. The maximum atomic E-state index is 12.0. The number of aryl methyl sites for hydroxylation is 1. The highest BCUT2D eigenvalue weighted by Gasteiger charge is 2.16. The minimum Gasteiger partial charge on any atom is -0.454 e. The van der Waals surface area contributed by atoms with Gasteiger partial charge in [0.05, 0.1) is 13.1 Å². The van der Waals surface area contributed by atoms with Crippen molar-refractivity contribution in [1.82, 2.24) is 10.6 Å². The number of carbonyl (C=O) groups excluding carboxylic acids is 1. The van der Waals surface area contributed by atoms with E-state index in [1.807, 2.05) is 30.5 Å². The monoisotopic (exact) mass is 332 g/mol.